The Labute approximate surface area is 165 Å². The highest BCUT2D eigenvalue weighted by Crippen LogP contribution is 2.19. The molecular weight excluding hydrogens is 370 g/mol. The Morgan fingerprint density at radius 3 is 2.62 bits per heavy atom. The number of urea groups is 1. The fourth-order valence-electron chi connectivity index (χ4n) is 2.73. The third-order valence-corrected chi connectivity index (χ3v) is 4.12. The van der Waals surface area contributed by atoms with Crippen molar-refractivity contribution in [2.24, 2.45) is 0 Å². The van der Waals surface area contributed by atoms with E-state index in [0.717, 1.165) is 11.3 Å². The lowest BCUT2D eigenvalue weighted by Gasteiger charge is -2.08. The fraction of sp³-hybridized carbons (Fsp3) is 0.0476. The van der Waals surface area contributed by atoms with Crippen molar-refractivity contribution in [1.82, 2.24) is 19.9 Å². The predicted octanol–water partition coefficient (Wildman–Crippen LogP) is 3.21. The molecule has 0 unspecified atom stereocenters. The number of carbonyl (C=O) groups is 1. The minimum atomic E-state index is -0.527. The first-order valence-electron chi connectivity index (χ1n) is 8.88. The molecule has 1 aromatic carbocycles. The van der Waals surface area contributed by atoms with Gasteiger partial charge in [-0.1, -0.05) is 36.4 Å². The third-order valence-electron chi connectivity index (χ3n) is 4.12. The number of rotatable bonds is 5. The largest absolute Gasteiger partial charge is 0.424 e. The Hall–Kier alpha value is -4.20. The number of anilines is 1. The molecule has 0 fully saturated rings. The highest BCUT2D eigenvalue weighted by atomic mass is 16.4. The molecule has 0 radical (unpaired) electrons. The number of carbonyl (C=O) groups excluding carboxylic acids is 1. The van der Waals surface area contributed by atoms with Gasteiger partial charge in [-0.15, -0.1) is 0 Å². The van der Waals surface area contributed by atoms with Crippen LogP contribution in [0.15, 0.2) is 88.5 Å². The van der Waals surface area contributed by atoms with Gasteiger partial charge in [0.25, 0.3) is 0 Å². The van der Waals surface area contributed by atoms with E-state index in [0.29, 0.717) is 17.3 Å². The van der Waals surface area contributed by atoms with E-state index in [9.17, 15) is 9.59 Å². The van der Waals surface area contributed by atoms with Gasteiger partial charge >= 0.3 is 11.8 Å². The van der Waals surface area contributed by atoms with Crippen LogP contribution in [0.3, 0.4) is 0 Å². The number of oxazole rings is 1. The second-order valence-electron chi connectivity index (χ2n) is 6.13. The van der Waals surface area contributed by atoms with Crippen molar-refractivity contribution in [1.29, 1.82) is 0 Å². The maximum absolute atomic E-state index is 12.3. The number of nitrogens with zero attached hydrogens (tertiary/aromatic N) is 3. The van der Waals surface area contributed by atoms with Crippen molar-refractivity contribution in [2.75, 3.05) is 5.32 Å². The van der Waals surface area contributed by atoms with Gasteiger partial charge in [0.2, 0.25) is 0 Å². The Morgan fingerprint density at radius 1 is 1.00 bits per heavy atom. The van der Waals surface area contributed by atoms with Crippen LogP contribution in [-0.2, 0) is 6.54 Å². The molecule has 144 valence electrons. The monoisotopic (exact) mass is 387 g/mol. The van der Waals surface area contributed by atoms with Crippen LogP contribution in [-0.4, -0.2) is 20.6 Å². The summed E-state index contributed by atoms with van der Waals surface area (Å²) in [4.78, 5) is 32.7. The molecule has 0 saturated heterocycles. The summed E-state index contributed by atoms with van der Waals surface area (Å²) in [5.41, 5.74) is 2.06. The summed E-state index contributed by atoms with van der Waals surface area (Å²) in [6, 6.07) is 17.6. The van der Waals surface area contributed by atoms with Crippen LogP contribution in [0.25, 0.3) is 17.0 Å². The summed E-state index contributed by atoms with van der Waals surface area (Å²) in [6.07, 6.45) is 4.77. The Morgan fingerprint density at radius 2 is 1.83 bits per heavy atom. The first-order valence-corrected chi connectivity index (χ1v) is 8.88. The SMILES string of the molecule is O=C(NCc1ccccn1)Nc1cc(-n2cc(-c3ccccc3)oc2=O)ccn1. The highest BCUT2D eigenvalue weighted by molar-refractivity contribution is 5.88. The van der Waals surface area contributed by atoms with Crippen LogP contribution in [0.4, 0.5) is 10.6 Å². The van der Waals surface area contributed by atoms with E-state index >= 15 is 0 Å². The minimum Gasteiger partial charge on any atom is -0.407 e. The molecule has 29 heavy (non-hydrogen) atoms. The summed E-state index contributed by atoms with van der Waals surface area (Å²) in [5.74, 6) is 0.228. The Bertz CT molecular complexity index is 1170. The van der Waals surface area contributed by atoms with Crippen LogP contribution in [0.5, 0.6) is 0 Å². The molecule has 8 heteroatoms. The van der Waals surface area contributed by atoms with Gasteiger partial charge < -0.3 is 9.73 Å². The summed E-state index contributed by atoms with van der Waals surface area (Å²) in [5, 5.41) is 5.35. The van der Waals surface area contributed by atoms with Crippen molar-refractivity contribution < 1.29 is 9.21 Å². The Kier molecular flexibility index (Phi) is 5.15. The molecule has 8 nitrogen and oxygen atoms in total. The van der Waals surface area contributed by atoms with E-state index in [1.54, 1.807) is 30.6 Å². The Balaban J connectivity index is 1.48. The van der Waals surface area contributed by atoms with Crippen LogP contribution >= 0.6 is 0 Å². The number of pyridine rings is 2. The van der Waals surface area contributed by atoms with Gasteiger partial charge in [-0.3, -0.25) is 10.3 Å². The van der Waals surface area contributed by atoms with Gasteiger partial charge in [0.15, 0.2) is 5.76 Å². The number of amides is 2. The molecule has 3 heterocycles. The van der Waals surface area contributed by atoms with Gasteiger partial charge in [0.05, 0.1) is 24.1 Å². The van der Waals surface area contributed by atoms with Crippen molar-refractivity contribution in [3.8, 4) is 17.0 Å². The molecule has 0 spiro atoms. The summed E-state index contributed by atoms with van der Waals surface area (Å²) in [6.45, 7) is 0.286. The number of benzene rings is 1. The molecule has 3 aromatic heterocycles. The molecule has 0 saturated carbocycles. The van der Waals surface area contributed by atoms with E-state index in [1.165, 1.54) is 10.8 Å². The second kappa shape index (κ2) is 8.22. The van der Waals surface area contributed by atoms with Gasteiger partial charge in [-0.25, -0.2) is 19.1 Å². The third kappa shape index (κ3) is 4.38. The molecular formula is C21H17N5O3. The molecule has 2 N–H and O–H groups in total. The smallest absolute Gasteiger partial charge is 0.407 e. The molecule has 4 aromatic rings. The maximum Gasteiger partial charge on any atom is 0.424 e. The molecule has 0 aliphatic rings. The van der Waals surface area contributed by atoms with Crippen molar-refractivity contribution >= 4 is 11.8 Å². The molecule has 0 bridgehead atoms. The van der Waals surface area contributed by atoms with E-state index in [-0.39, 0.29) is 6.54 Å². The van der Waals surface area contributed by atoms with Gasteiger partial charge in [0, 0.05) is 24.0 Å². The van der Waals surface area contributed by atoms with E-state index in [4.69, 9.17) is 4.42 Å². The van der Waals surface area contributed by atoms with Crippen LogP contribution in [0.2, 0.25) is 0 Å². The van der Waals surface area contributed by atoms with Crippen LogP contribution in [0.1, 0.15) is 5.69 Å². The highest BCUT2D eigenvalue weighted by Gasteiger charge is 2.11. The van der Waals surface area contributed by atoms with Crippen LogP contribution in [0, 0.1) is 0 Å². The lowest BCUT2D eigenvalue weighted by Crippen LogP contribution is -2.29. The predicted molar refractivity (Wildman–Crippen MR) is 108 cm³/mol. The average molecular weight is 387 g/mol. The lowest BCUT2D eigenvalue weighted by atomic mass is 10.2. The summed E-state index contributed by atoms with van der Waals surface area (Å²) >= 11 is 0. The zero-order chi connectivity index (χ0) is 20.1. The lowest BCUT2D eigenvalue weighted by molar-refractivity contribution is 0.251. The zero-order valence-corrected chi connectivity index (χ0v) is 15.3. The topological polar surface area (TPSA) is 102 Å². The fourth-order valence-corrected chi connectivity index (χ4v) is 2.73. The molecule has 0 aliphatic heterocycles. The number of aromatic nitrogens is 3. The van der Waals surface area contributed by atoms with Gasteiger partial charge in [0.1, 0.15) is 5.82 Å². The number of hydrogen-bond acceptors (Lipinski definition) is 5. The number of nitrogens with one attached hydrogen (secondary N) is 2. The zero-order valence-electron chi connectivity index (χ0n) is 15.3. The molecule has 4 rings (SSSR count). The van der Waals surface area contributed by atoms with E-state index < -0.39 is 11.8 Å². The van der Waals surface area contributed by atoms with Crippen molar-refractivity contribution in [2.45, 2.75) is 6.54 Å². The van der Waals surface area contributed by atoms with E-state index in [1.807, 2.05) is 42.5 Å². The normalized spacial score (nSPS) is 10.5. The standard InChI is InChI=1S/C21H17N5O3/c27-20(24-13-16-8-4-5-10-22-16)25-19-12-17(9-11-23-19)26-14-18(29-21(26)28)15-6-2-1-3-7-15/h1-12,14H,13H2,(H2,23,24,25,27). The van der Waals surface area contributed by atoms with Gasteiger partial charge in [-0.05, 0) is 18.2 Å². The minimum absolute atomic E-state index is 0.286. The van der Waals surface area contributed by atoms with Crippen molar-refractivity contribution in [3.05, 3.63) is 95.5 Å². The van der Waals surface area contributed by atoms with E-state index in [2.05, 4.69) is 20.6 Å². The first-order chi connectivity index (χ1) is 14.2. The van der Waals surface area contributed by atoms with Crippen molar-refractivity contribution in [3.63, 3.8) is 0 Å². The first kappa shape index (κ1) is 18.2. The van der Waals surface area contributed by atoms with Crippen LogP contribution < -0.4 is 16.4 Å². The maximum atomic E-state index is 12.3. The average Bonchev–Trinajstić information content (AvgIpc) is 3.15. The second-order valence-corrected chi connectivity index (χ2v) is 6.13. The molecule has 0 aliphatic carbocycles. The van der Waals surface area contributed by atoms with Gasteiger partial charge in [-0.2, -0.15) is 0 Å². The summed E-state index contributed by atoms with van der Waals surface area (Å²) in [7, 11) is 0. The quantitative estimate of drug-likeness (QED) is 0.547. The number of hydrogen-bond donors (Lipinski definition) is 2. The molecule has 0 atom stereocenters. The summed E-state index contributed by atoms with van der Waals surface area (Å²) < 4.78 is 6.71. The molecule has 2 amide bonds.